The van der Waals surface area contributed by atoms with E-state index in [1.807, 2.05) is 6.07 Å². The van der Waals surface area contributed by atoms with Gasteiger partial charge in [-0.2, -0.15) is 0 Å². The van der Waals surface area contributed by atoms with Crippen molar-refractivity contribution < 1.29 is 9.18 Å². The molecule has 0 spiro atoms. The minimum atomic E-state index is -0.402. The lowest BCUT2D eigenvalue weighted by atomic mass is 10.3. The number of pyridine rings is 1. The number of benzene rings is 1. The number of carbonyl (C=O) groups excluding carboxylic acids is 1. The predicted octanol–water partition coefficient (Wildman–Crippen LogP) is 1.90. The van der Waals surface area contributed by atoms with Crippen molar-refractivity contribution in [3.8, 4) is 11.5 Å². The molecule has 1 amide bonds. The Balaban J connectivity index is 1.63. The van der Waals surface area contributed by atoms with Crippen molar-refractivity contribution >= 4 is 11.6 Å². The van der Waals surface area contributed by atoms with Gasteiger partial charge in [0.05, 0.1) is 6.54 Å². The monoisotopic (exact) mass is 312 g/mol. The Bertz CT molecular complexity index is 804. The Morgan fingerprint density at radius 3 is 2.91 bits per heavy atom. The number of anilines is 1. The van der Waals surface area contributed by atoms with Crippen LogP contribution < -0.4 is 5.32 Å². The summed E-state index contributed by atoms with van der Waals surface area (Å²) in [5, 5.41) is 14.0. The number of nitrogens with zero attached hydrogens (tertiary/aromatic N) is 5. The molecule has 0 unspecified atom stereocenters. The first kappa shape index (κ1) is 14.8. The average Bonchev–Trinajstić information content (AvgIpc) is 3.02. The second-order valence-electron chi connectivity index (χ2n) is 4.75. The zero-order valence-electron chi connectivity index (χ0n) is 12.1. The number of aromatic nitrogens is 5. The minimum Gasteiger partial charge on any atom is -0.326 e. The molecule has 116 valence electrons. The van der Waals surface area contributed by atoms with E-state index in [2.05, 4.69) is 25.8 Å². The third-order valence-corrected chi connectivity index (χ3v) is 3.08. The summed E-state index contributed by atoms with van der Waals surface area (Å²) in [6, 6.07) is 11.1. The maximum Gasteiger partial charge on any atom is 0.226 e. The Morgan fingerprint density at radius 2 is 2.13 bits per heavy atom. The number of tetrazole rings is 1. The SMILES string of the molecule is O=C(CCn1nnnc1-c1ccccn1)Nc1cccc(F)c1. The summed E-state index contributed by atoms with van der Waals surface area (Å²) < 4.78 is 14.6. The van der Waals surface area contributed by atoms with E-state index in [0.29, 0.717) is 23.8 Å². The van der Waals surface area contributed by atoms with Crippen molar-refractivity contribution in [2.45, 2.75) is 13.0 Å². The highest BCUT2D eigenvalue weighted by Crippen LogP contribution is 2.13. The lowest BCUT2D eigenvalue weighted by molar-refractivity contribution is -0.116. The van der Waals surface area contributed by atoms with Gasteiger partial charge in [-0.25, -0.2) is 9.07 Å². The normalized spacial score (nSPS) is 10.5. The molecule has 8 heteroatoms. The number of aryl methyl sites for hydroxylation is 1. The first-order valence-electron chi connectivity index (χ1n) is 6.95. The Morgan fingerprint density at radius 1 is 1.22 bits per heavy atom. The van der Waals surface area contributed by atoms with Crippen molar-refractivity contribution in [2.75, 3.05) is 5.32 Å². The lowest BCUT2D eigenvalue weighted by Gasteiger charge is -2.06. The van der Waals surface area contributed by atoms with Crippen molar-refractivity contribution in [3.63, 3.8) is 0 Å². The summed E-state index contributed by atoms with van der Waals surface area (Å²) in [6.07, 6.45) is 1.80. The molecule has 7 nitrogen and oxygen atoms in total. The summed E-state index contributed by atoms with van der Waals surface area (Å²) in [5.74, 6) is -0.164. The minimum absolute atomic E-state index is 0.154. The van der Waals surface area contributed by atoms with Crippen LogP contribution in [0.1, 0.15) is 6.42 Å². The van der Waals surface area contributed by atoms with Gasteiger partial charge in [-0.05, 0) is 40.8 Å². The van der Waals surface area contributed by atoms with Crippen LogP contribution in [0.3, 0.4) is 0 Å². The Kier molecular flexibility index (Phi) is 4.32. The number of hydrogen-bond acceptors (Lipinski definition) is 5. The van der Waals surface area contributed by atoms with Crippen LogP contribution in [0.25, 0.3) is 11.5 Å². The number of rotatable bonds is 5. The maximum absolute atomic E-state index is 13.1. The van der Waals surface area contributed by atoms with Gasteiger partial charge in [-0.1, -0.05) is 12.1 Å². The summed E-state index contributed by atoms with van der Waals surface area (Å²) in [5.41, 5.74) is 1.04. The van der Waals surface area contributed by atoms with Crippen LogP contribution in [0, 0.1) is 5.82 Å². The van der Waals surface area contributed by atoms with Gasteiger partial charge < -0.3 is 5.32 Å². The van der Waals surface area contributed by atoms with Gasteiger partial charge in [-0.15, -0.1) is 5.10 Å². The van der Waals surface area contributed by atoms with Gasteiger partial charge in [0.1, 0.15) is 11.5 Å². The van der Waals surface area contributed by atoms with Crippen LogP contribution in [0.5, 0.6) is 0 Å². The highest BCUT2D eigenvalue weighted by Gasteiger charge is 2.11. The van der Waals surface area contributed by atoms with Crippen molar-refractivity contribution in [1.82, 2.24) is 25.2 Å². The van der Waals surface area contributed by atoms with Crippen molar-refractivity contribution in [1.29, 1.82) is 0 Å². The van der Waals surface area contributed by atoms with Crippen LogP contribution in [0.15, 0.2) is 48.7 Å². The zero-order valence-corrected chi connectivity index (χ0v) is 12.1. The quantitative estimate of drug-likeness (QED) is 0.777. The number of nitrogens with one attached hydrogen (secondary N) is 1. The smallest absolute Gasteiger partial charge is 0.226 e. The van der Waals surface area contributed by atoms with Gasteiger partial charge in [0.2, 0.25) is 11.7 Å². The summed E-state index contributed by atoms with van der Waals surface area (Å²) >= 11 is 0. The van der Waals surface area contributed by atoms with Crippen LogP contribution >= 0.6 is 0 Å². The highest BCUT2D eigenvalue weighted by atomic mass is 19.1. The standard InChI is InChI=1S/C15H13FN6O/c16-11-4-3-5-12(10-11)18-14(23)7-9-22-15(19-20-21-22)13-6-1-2-8-17-13/h1-6,8,10H,7,9H2,(H,18,23). The Labute approximate surface area is 131 Å². The predicted molar refractivity (Wildman–Crippen MR) is 80.7 cm³/mol. The molecule has 0 bridgehead atoms. The molecule has 3 aromatic rings. The Hall–Kier alpha value is -3.16. The molecule has 0 saturated carbocycles. The second kappa shape index (κ2) is 6.73. The first-order chi connectivity index (χ1) is 11.2. The number of carbonyl (C=O) groups is 1. The molecular formula is C15H13FN6O. The van der Waals surface area contributed by atoms with E-state index in [9.17, 15) is 9.18 Å². The number of amides is 1. The maximum atomic E-state index is 13.1. The second-order valence-corrected chi connectivity index (χ2v) is 4.75. The summed E-state index contributed by atoms with van der Waals surface area (Å²) in [4.78, 5) is 16.1. The van der Waals surface area contributed by atoms with Crippen molar-refractivity contribution in [3.05, 3.63) is 54.5 Å². The average molecular weight is 312 g/mol. The van der Waals surface area contributed by atoms with E-state index in [-0.39, 0.29) is 12.3 Å². The molecule has 3 rings (SSSR count). The largest absolute Gasteiger partial charge is 0.326 e. The van der Waals surface area contributed by atoms with Crippen LogP contribution in [-0.2, 0) is 11.3 Å². The van der Waals surface area contributed by atoms with E-state index in [4.69, 9.17) is 0 Å². The summed E-state index contributed by atoms with van der Waals surface area (Å²) in [6.45, 7) is 0.292. The fourth-order valence-electron chi connectivity index (χ4n) is 2.03. The molecule has 2 aromatic heterocycles. The highest BCUT2D eigenvalue weighted by molar-refractivity contribution is 5.90. The molecule has 23 heavy (non-hydrogen) atoms. The van der Waals surface area contributed by atoms with Crippen LogP contribution in [0.4, 0.5) is 10.1 Å². The molecule has 0 fully saturated rings. The zero-order chi connectivity index (χ0) is 16.1. The molecule has 0 saturated heterocycles. The van der Waals surface area contributed by atoms with Gasteiger partial charge in [-0.3, -0.25) is 9.78 Å². The molecular weight excluding hydrogens is 299 g/mol. The third kappa shape index (κ3) is 3.73. The third-order valence-electron chi connectivity index (χ3n) is 3.08. The fourth-order valence-corrected chi connectivity index (χ4v) is 2.03. The van der Waals surface area contributed by atoms with Gasteiger partial charge in [0.15, 0.2) is 0 Å². The van der Waals surface area contributed by atoms with Gasteiger partial charge >= 0.3 is 0 Å². The first-order valence-corrected chi connectivity index (χ1v) is 6.95. The summed E-state index contributed by atoms with van der Waals surface area (Å²) in [7, 11) is 0. The van der Waals surface area contributed by atoms with E-state index >= 15 is 0 Å². The molecule has 1 aromatic carbocycles. The molecule has 0 aliphatic carbocycles. The van der Waals surface area contributed by atoms with Crippen molar-refractivity contribution in [2.24, 2.45) is 0 Å². The topological polar surface area (TPSA) is 85.6 Å². The van der Waals surface area contributed by atoms with E-state index in [1.54, 1.807) is 24.4 Å². The van der Waals surface area contributed by atoms with Gasteiger partial charge in [0.25, 0.3) is 0 Å². The molecule has 0 atom stereocenters. The van der Waals surface area contributed by atoms with Crippen LogP contribution in [0.2, 0.25) is 0 Å². The van der Waals surface area contributed by atoms with E-state index in [0.717, 1.165) is 0 Å². The molecule has 2 heterocycles. The molecule has 0 aliphatic heterocycles. The molecule has 0 aliphatic rings. The number of hydrogen-bond donors (Lipinski definition) is 1. The molecule has 1 N–H and O–H groups in total. The lowest BCUT2D eigenvalue weighted by Crippen LogP contribution is -2.15. The number of halogens is 1. The fraction of sp³-hybridized carbons (Fsp3) is 0.133. The molecule has 0 radical (unpaired) electrons. The van der Waals surface area contributed by atoms with Gasteiger partial charge in [0, 0.05) is 18.3 Å². The van der Waals surface area contributed by atoms with Crippen LogP contribution in [-0.4, -0.2) is 31.1 Å². The van der Waals surface area contributed by atoms with E-state index < -0.39 is 5.82 Å². The van der Waals surface area contributed by atoms with E-state index in [1.165, 1.54) is 22.9 Å².